The highest BCUT2D eigenvalue weighted by atomic mass is 32.2. The minimum Gasteiger partial charge on any atom is -0.460 e. The lowest BCUT2D eigenvalue weighted by Crippen LogP contribution is -2.39. The molecule has 0 aliphatic rings. The lowest BCUT2D eigenvalue weighted by Gasteiger charge is -2.15. The van der Waals surface area contributed by atoms with E-state index in [9.17, 15) is 22.0 Å². The number of rotatable bonds is 7. The van der Waals surface area contributed by atoms with Crippen molar-refractivity contribution in [2.24, 2.45) is 5.92 Å². The van der Waals surface area contributed by atoms with Gasteiger partial charge in [-0.2, -0.15) is 17.2 Å². The van der Waals surface area contributed by atoms with Crippen LogP contribution in [0.3, 0.4) is 0 Å². The molecule has 0 rings (SSSR count). The van der Waals surface area contributed by atoms with Gasteiger partial charge in [0.25, 0.3) is 0 Å². The molecule has 0 heterocycles. The van der Waals surface area contributed by atoms with Gasteiger partial charge in [-0.3, -0.25) is 4.55 Å². The summed E-state index contributed by atoms with van der Waals surface area (Å²) < 4.78 is 58.2. The molecule has 8 heteroatoms. The van der Waals surface area contributed by atoms with Gasteiger partial charge in [-0.1, -0.05) is 26.7 Å². The summed E-state index contributed by atoms with van der Waals surface area (Å²) in [6.07, 6.45) is 2.45. The first-order valence-corrected chi connectivity index (χ1v) is 6.59. The summed E-state index contributed by atoms with van der Waals surface area (Å²) in [4.78, 5) is 10.8. The molecule has 0 aliphatic carbocycles. The number of esters is 1. The predicted molar refractivity (Wildman–Crippen MR) is 56.1 cm³/mol. The molecular formula is C9H16F2O5S. The summed E-state index contributed by atoms with van der Waals surface area (Å²) in [5.41, 5.74) is 0. The monoisotopic (exact) mass is 274 g/mol. The van der Waals surface area contributed by atoms with E-state index in [0.717, 1.165) is 12.8 Å². The van der Waals surface area contributed by atoms with Crippen LogP contribution in [-0.2, 0) is 19.6 Å². The Kier molecular flexibility index (Phi) is 5.97. The average molecular weight is 274 g/mol. The molecular weight excluding hydrogens is 258 g/mol. The maximum Gasteiger partial charge on any atom is 0.465 e. The van der Waals surface area contributed by atoms with Crippen LogP contribution in [0.5, 0.6) is 0 Å². The molecule has 0 aromatic heterocycles. The molecule has 1 N–H and O–H groups in total. The van der Waals surface area contributed by atoms with E-state index in [1.807, 2.05) is 6.92 Å². The Balaban J connectivity index is 4.28. The topological polar surface area (TPSA) is 80.7 Å². The fraction of sp³-hybridized carbons (Fsp3) is 0.889. The summed E-state index contributed by atoms with van der Waals surface area (Å²) in [7, 11) is -5.77. The molecule has 1 atom stereocenters. The summed E-state index contributed by atoms with van der Waals surface area (Å²) in [6, 6.07) is 0. The molecule has 5 nitrogen and oxygen atoms in total. The Morgan fingerprint density at radius 3 is 2.41 bits per heavy atom. The van der Waals surface area contributed by atoms with Gasteiger partial charge in [-0.05, 0) is 12.3 Å². The standard InChI is InChI=1S/C9H16F2O5S/c1-3-4-5-7(2)6-16-8(12)9(10,11)17(13,14)15/h7H,3-6H2,1-2H3,(H,13,14,15). The van der Waals surface area contributed by atoms with Crippen molar-refractivity contribution in [1.82, 2.24) is 0 Å². The average Bonchev–Trinajstić information content (AvgIpc) is 2.21. The fourth-order valence-electron chi connectivity index (χ4n) is 1.04. The number of hydrogen-bond acceptors (Lipinski definition) is 4. The number of hydrogen-bond donors (Lipinski definition) is 1. The van der Waals surface area contributed by atoms with Crippen molar-refractivity contribution in [3.05, 3.63) is 0 Å². The number of alkyl halides is 2. The molecule has 0 aromatic carbocycles. The molecule has 0 aromatic rings. The van der Waals surface area contributed by atoms with E-state index in [0.29, 0.717) is 6.42 Å². The van der Waals surface area contributed by atoms with Crippen LogP contribution in [0.25, 0.3) is 0 Å². The number of halogens is 2. The Bertz CT molecular complexity index is 352. The third-order valence-corrected chi connectivity index (χ3v) is 2.93. The van der Waals surface area contributed by atoms with Crippen molar-refractivity contribution in [3.63, 3.8) is 0 Å². The van der Waals surface area contributed by atoms with Crippen molar-refractivity contribution in [2.45, 2.75) is 38.4 Å². The third kappa shape index (κ3) is 4.95. The Morgan fingerprint density at radius 1 is 1.47 bits per heavy atom. The molecule has 0 fully saturated rings. The van der Waals surface area contributed by atoms with Crippen molar-refractivity contribution in [3.8, 4) is 0 Å². The normalized spacial score (nSPS) is 14.4. The van der Waals surface area contributed by atoms with Gasteiger partial charge in [-0.25, -0.2) is 4.79 Å². The summed E-state index contributed by atoms with van der Waals surface area (Å²) in [5, 5.41) is -4.91. The van der Waals surface area contributed by atoms with E-state index in [-0.39, 0.29) is 12.5 Å². The van der Waals surface area contributed by atoms with Crippen LogP contribution in [-0.4, -0.2) is 30.8 Å². The highest BCUT2D eigenvalue weighted by molar-refractivity contribution is 7.87. The second-order valence-corrected chi connectivity index (χ2v) is 5.30. The number of carbonyl (C=O) groups excluding carboxylic acids is 1. The molecule has 0 aliphatic heterocycles. The van der Waals surface area contributed by atoms with E-state index in [4.69, 9.17) is 4.55 Å². The first-order chi connectivity index (χ1) is 7.63. The highest BCUT2D eigenvalue weighted by Crippen LogP contribution is 2.22. The van der Waals surface area contributed by atoms with Crippen LogP contribution in [0, 0.1) is 5.92 Å². The molecule has 102 valence electrons. The van der Waals surface area contributed by atoms with E-state index in [1.165, 1.54) is 0 Å². The molecule has 0 amide bonds. The summed E-state index contributed by atoms with van der Waals surface area (Å²) >= 11 is 0. The van der Waals surface area contributed by atoms with Crippen LogP contribution in [0.1, 0.15) is 33.1 Å². The van der Waals surface area contributed by atoms with Gasteiger partial charge in [0.15, 0.2) is 0 Å². The van der Waals surface area contributed by atoms with Crippen molar-refractivity contribution < 1.29 is 31.3 Å². The quantitative estimate of drug-likeness (QED) is 0.566. The van der Waals surface area contributed by atoms with Crippen molar-refractivity contribution >= 4 is 16.1 Å². The van der Waals surface area contributed by atoms with Crippen LogP contribution < -0.4 is 0 Å². The van der Waals surface area contributed by atoms with Gasteiger partial charge in [0, 0.05) is 0 Å². The fourth-order valence-corrected chi connectivity index (χ4v) is 1.31. The Morgan fingerprint density at radius 2 is 2.00 bits per heavy atom. The van der Waals surface area contributed by atoms with Crippen LogP contribution in [0.4, 0.5) is 8.78 Å². The van der Waals surface area contributed by atoms with Crippen LogP contribution in [0.2, 0.25) is 0 Å². The minimum atomic E-state index is -5.77. The molecule has 0 bridgehead atoms. The second kappa shape index (κ2) is 6.25. The molecule has 17 heavy (non-hydrogen) atoms. The zero-order chi connectivity index (χ0) is 13.7. The number of carbonyl (C=O) groups is 1. The van der Waals surface area contributed by atoms with Gasteiger partial charge in [0.2, 0.25) is 0 Å². The maximum absolute atomic E-state index is 12.7. The van der Waals surface area contributed by atoms with E-state index >= 15 is 0 Å². The van der Waals surface area contributed by atoms with Crippen LogP contribution >= 0.6 is 0 Å². The Labute approximate surface area is 98.9 Å². The van der Waals surface area contributed by atoms with E-state index in [1.54, 1.807) is 6.92 Å². The summed E-state index contributed by atoms with van der Waals surface area (Å²) in [5.74, 6) is -2.39. The van der Waals surface area contributed by atoms with Gasteiger partial charge >= 0.3 is 21.3 Å². The third-order valence-electron chi connectivity index (χ3n) is 2.11. The largest absolute Gasteiger partial charge is 0.465 e. The SMILES string of the molecule is CCCCC(C)COC(=O)C(F)(F)S(=O)(=O)O. The number of unbranched alkanes of at least 4 members (excludes halogenated alkanes) is 1. The molecule has 0 radical (unpaired) electrons. The predicted octanol–water partition coefficient (Wildman–Crippen LogP) is 1.84. The van der Waals surface area contributed by atoms with Crippen molar-refractivity contribution in [1.29, 1.82) is 0 Å². The van der Waals surface area contributed by atoms with E-state index < -0.39 is 21.3 Å². The lowest BCUT2D eigenvalue weighted by molar-refractivity contribution is -0.162. The van der Waals surface area contributed by atoms with Gasteiger partial charge in [0.05, 0.1) is 6.61 Å². The lowest BCUT2D eigenvalue weighted by atomic mass is 10.1. The van der Waals surface area contributed by atoms with Gasteiger partial charge in [0.1, 0.15) is 0 Å². The summed E-state index contributed by atoms with van der Waals surface area (Å²) in [6.45, 7) is 3.34. The molecule has 0 saturated heterocycles. The minimum absolute atomic E-state index is 0.143. The first-order valence-electron chi connectivity index (χ1n) is 5.15. The zero-order valence-corrected chi connectivity index (χ0v) is 10.5. The smallest absolute Gasteiger partial charge is 0.460 e. The Hall–Kier alpha value is -0.760. The van der Waals surface area contributed by atoms with Gasteiger partial charge < -0.3 is 4.74 Å². The first kappa shape index (κ1) is 16.2. The molecule has 1 unspecified atom stereocenters. The highest BCUT2D eigenvalue weighted by Gasteiger charge is 2.54. The zero-order valence-electron chi connectivity index (χ0n) is 9.65. The van der Waals surface area contributed by atoms with Crippen molar-refractivity contribution in [2.75, 3.05) is 6.61 Å². The molecule has 0 saturated carbocycles. The maximum atomic E-state index is 12.7. The van der Waals surface area contributed by atoms with E-state index in [2.05, 4.69) is 4.74 Å². The number of ether oxygens (including phenoxy) is 1. The van der Waals surface area contributed by atoms with Gasteiger partial charge in [-0.15, -0.1) is 0 Å². The van der Waals surface area contributed by atoms with Crippen LogP contribution in [0.15, 0.2) is 0 Å². The second-order valence-electron chi connectivity index (χ2n) is 3.84. The molecule has 0 spiro atoms.